The Balaban J connectivity index is 3.31. The molecule has 0 radical (unpaired) electrons. The minimum atomic E-state index is -1.14. The molecule has 7 heteroatoms. The van der Waals surface area contributed by atoms with Gasteiger partial charge in [-0.25, -0.2) is 9.59 Å². The van der Waals surface area contributed by atoms with E-state index in [1.807, 2.05) is 31.2 Å². The van der Waals surface area contributed by atoms with Gasteiger partial charge in [-0.2, -0.15) is 0 Å². The first-order valence-electron chi connectivity index (χ1n) is 9.59. The summed E-state index contributed by atoms with van der Waals surface area (Å²) in [6.45, 7) is 17.6. The van der Waals surface area contributed by atoms with Crippen LogP contribution in [0.15, 0.2) is 43.5 Å². The first kappa shape index (κ1) is 25.1. The lowest BCUT2D eigenvalue weighted by Crippen LogP contribution is -2.54. The molecule has 0 aliphatic carbocycles. The molecule has 0 bridgehead atoms. The molecule has 0 saturated carbocycles. The van der Waals surface area contributed by atoms with Crippen LogP contribution in [0, 0.1) is 0 Å². The van der Waals surface area contributed by atoms with Gasteiger partial charge in [0.05, 0.1) is 12.1 Å². The van der Waals surface area contributed by atoms with E-state index in [1.165, 1.54) is 4.90 Å². The molecule has 7 nitrogen and oxygen atoms in total. The lowest BCUT2D eigenvalue weighted by Gasteiger charge is -2.39. The summed E-state index contributed by atoms with van der Waals surface area (Å²) in [7, 11) is 0. The number of nitrogens with two attached hydrogens (primary N) is 1. The van der Waals surface area contributed by atoms with Crippen LogP contribution in [-0.4, -0.2) is 41.1 Å². The Morgan fingerprint density at radius 2 is 1.80 bits per heavy atom. The van der Waals surface area contributed by atoms with Gasteiger partial charge in [-0.1, -0.05) is 36.9 Å². The van der Waals surface area contributed by atoms with Crippen LogP contribution >= 0.6 is 0 Å². The van der Waals surface area contributed by atoms with Gasteiger partial charge in [-0.15, -0.1) is 0 Å². The second-order valence-electron chi connectivity index (χ2n) is 8.56. The fraction of sp³-hybridized carbons (Fsp3) is 0.435. The van der Waals surface area contributed by atoms with Crippen molar-refractivity contribution >= 4 is 23.6 Å². The standard InChI is InChI=1S/C23H32N2O5/c1-9-19(26)29-21(28)25(14-18(24)20(27)30-22(4,5)6)23(7,8)17-12-10-11-16(13-17)15(2)3/h9-13,18H,1-2,14,24H2,3-8H3. The number of allylic oxidation sites excluding steroid dienone is 1. The van der Waals surface area contributed by atoms with Gasteiger partial charge in [0.25, 0.3) is 0 Å². The predicted molar refractivity (Wildman–Crippen MR) is 116 cm³/mol. The zero-order valence-electron chi connectivity index (χ0n) is 18.7. The third kappa shape index (κ3) is 6.84. The van der Waals surface area contributed by atoms with Crippen molar-refractivity contribution in [3.05, 3.63) is 54.6 Å². The molecule has 1 rings (SSSR count). The summed E-state index contributed by atoms with van der Waals surface area (Å²) in [5.74, 6) is -1.57. The highest BCUT2D eigenvalue weighted by Crippen LogP contribution is 2.30. The van der Waals surface area contributed by atoms with E-state index < -0.39 is 35.2 Å². The van der Waals surface area contributed by atoms with Crippen LogP contribution in [0.2, 0.25) is 0 Å². The fourth-order valence-electron chi connectivity index (χ4n) is 2.68. The average Bonchev–Trinajstić information content (AvgIpc) is 2.64. The number of ether oxygens (including phenoxy) is 2. The van der Waals surface area contributed by atoms with Crippen molar-refractivity contribution in [3.63, 3.8) is 0 Å². The Kier molecular flexibility index (Phi) is 8.13. The van der Waals surface area contributed by atoms with E-state index >= 15 is 0 Å². The van der Waals surface area contributed by atoms with Crippen molar-refractivity contribution in [2.45, 2.75) is 58.7 Å². The number of nitrogens with zero attached hydrogens (tertiary/aromatic N) is 1. The molecule has 0 aliphatic heterocycles. The summed E-state index contributed by atoms with van der Waals surface area (Å²) >= 11 is 0. The van der Waals surface area contributed by atoms with E-state index in [2.05, 4.69) is 13.2 Å². The molecule has 30 heavy (non-hydrogen) atoms. The molecule has 2 N–H and O–H groups in total. The molecule has 0 aliphatic rings. The highest BCUT2D eigenvalue weighted by molar-refractivity contribution is 5.91. The van der Waals surface area contributed by atoms with Crippen molar-refractivity contribution in [2.75, 3.05) is 6.54 Å². The lowest BCUT2D eigenvalue weighted by molar-refractivity contribution is -0.157. The van der Waals surface area contributed by atoms with Crippen LogP contribution < -0.4 is 5.73 Å². The van der Waals surface area contributed by atoms with Gasteiger partial charge < -0.3 is 15.2 Å². The van der Waals surface area contributed by atoms with Gasteiger partial charge in [0.1, 0.15) is 11.6 Å². The normalized spacial score (nSPS) is 12.5. The first-order chi connectivity index (χ1) is 13.7. The minimum absolute atomic E-state index is 0.220. The van der Waals surface area contributed by atoms with Gasteiger partial charge in [0.2, 0.25) is 0 Å². The van der Waals surface area contributed by atoms with E-state index in [0.29, 0.717) is 0 Å². The Hall–Kier alpha value is -2.93. The van der Waals surface area contributed by atoms with E-state index in [9.17, 15) is 14.4 Å². The molecule has 1 amide bonds. The van der Waals surface area contributed by atoms with Gasteiger partial charge in [0.15, 0.2) is 0 Å². The number of hydrogen-bond acceptors (Lipinski definition) is 6. The lowest BCUT2D eigenvalue weighted by atomic mass is 9.89. The Morgan fingerprint density at radius 3 is 2.30 bits per heavy atom. The largest absolute Gasteiger partial charge is 0.459 e. The molecular formula is C23H32N2O5. The van der Waals surface area contributed by atoms with Crippen molar-refractivity contribution < 1.29 is 23.9 Å². The topological polar surface area (TPSA) is 98.9 Å². The molecule has 0 spiro atoms. The average molecular weight is 417 g/mol. The van der Waals surface area contributed by atoms with Crippen LogP contribution in [0.25, 0.3) is 5.57 Å². The van der Waals surface area contributed by atoms with Crippen LogP contribution in [0.3, 0.4) is 0 Å². The van der Waals surface area contributed by atoms with Crippen LogP contribution in [0.1, 0.15) is 52.7 Å². The van der Waals surface area contributed by atoms with Crippen LogP contribution in [-0.2, 0) is 24.6 Å². The minimum Gasteiger partial charge on any atom is -0.459 e. The van der Waals surface area contributed by atoms with Crippen molar-refractivity contribution in [1.82, 2.24) is 4.90 Å². The number of amides is 1. The zero-order valence-corrected chi connectivity index (χ0v) is 18.7. The molecule has 1 aromatic carbocycles. The summed E-state index contributed by atoms with van der Waals surface area (Å²) in [4.78, 5) is 38.0. The summed E-state index contributed by atoms with van der Waals surface area (Å²) < 4.78 is 10.1. The maximum Gasteiger partial charge on any atom is 0.418 e. The highest BCUT2D eigenvalue weighted by atomic mass is 16.6. The third-order valence-corrected chi connectivity index (χ3v) is 4.40. The zero-order chi connectivity index (χ0) is 23.3. The van der Waals surface area contributed by atoms with E-state index in [-0.39, 0.29) is 6.54 Å². The van der Waals surface area contributed by atoms with Gasteiger partial charge >= 0.3 is 18.0 Å². The van der Waals surface area contributed by atoms with Gasteiger partial charge in [-0.05, 0) is 58.7 Å². The monoisotopic (exact) mass is 416 g/mol. The van der Waals surface area contributed by atoms with Crippen LogP contribution in [0.5, 0.6) is 0 Å². The second kappa shape index (κ2) is 9.71. The molecule has 1 unspecified atom stereocenters. The summed E-state index contributed by atoms with van der Waals surface area (Å²) in [5.41, 5.74) is 6.84. The predicted octanol–water partition coefficient (Wildman–Crippen LogP) is 3.78. The number of hydrogen-bond donors (Lipinski definition) is 1. The molecule has 0 fully saturated rings. The Bertz CT molecular complexity index is 836. The van der Waals surface area contributed by atoms with Gasteiger partial charge in [-0.3, -0.25) is 9.69 Å². The smallest absolute Gasteiger partial charge is 0.418 e. The number of rotatable bonds is 7. The SMILES string of the molecule is C=CC(=O)OC(=O)N(CC(N)C(=O)OC(C)(C)C)C(C)(C)c1cccc(C(=C)C)c1. The van der Waals surface area contributed by atoms with Gasteiger partial charge in [0, 0.05) is 6.08 Å². The molecule has 164 valence electrons. The van der Waals surface area contributed by atoms with Crippen molar-refractivity contribution in [3.8, 4) is 0 Å². The number of carbonyl (C=O) groups is 3. The Labute approximate surface area is 178 Å². The highest BCUT2D eigenvalue weighted by Gasteiger charge is 2.38. The first-order valence-corrected chi connectivity index (χ1v) is 9.59. The third-order valence-electron chi connectivity index (χ3n) is 4.40. The molecule has 0 aromatic heterocycles. The van der Waals surface area contributed by atoms with E-state index in [4.69, 9.17) is 15.2 Å². The molecule has 1 atom stereocenters. The van der Waals surface area contributed by atoms with Crippen LogP contribution in [0.4, 0.5) is 4.79 Å². The summed E-state index contributed by atoms with van der Waals surface area (Å²) in [6, 6.07) is 6.32. The number of esters is 2. The van der Waals surface area contributed by atoms with E-state index in [1.54, 1.807) is 34.6 Å². The van der Waals surface area contributed by atoms with E-state index in [0.717, 1.165) is 22.8 Å². The quantitative estimate of drug-likeness (QED) is 0.413. The fourth-order valence-corrected chi connectivity index (χ4v) is 2.68. The number of benzene rings is 1. The summed E-state index contributed by atoms with van der Waals surface area (Å²) in [5, 5.41) is 0. The molecular weight excluding hydrogens is 384 g/mol. The summed E-state index contributed by atoms with van der Waals surface area (Å²) in [6.07, 6.45) is -0.0527. The maximum absolute atomic E-state index is 12.8. The van der Waals surface area contributed by atoms with Crippen molar-refractivity contribution in [1.29, 1.82) is 0 Å². The number of carbonyl (C=O) groups excluding carboxylic acids is 3. The molecule has 0 saturated heterocycles. The second-order valence-corrected chi connectivity index (χ2v) is 8.56. The molecule has 1 aromatic rings. The van der Waals surface area contributed by atoms with Crippen molar-refractivity contribution in [2.24, 2.45) is 5.73 Å². The molecule has 0 heterocycles. The maximum atomic E-state index is 12.8. The Morgan fingerprint density at radius 1 is 1.20 bits per heavy atom.